The van der Waals surface area contributed by atoms with Crippen molar-refractivity contribution in [3.63, 3.8) is 0 Å². The summed E-state index contributed by atoms with van der Waals surface area (Å²) in [5.41, 5.74) is 1.30. The summed E-state index contributed by atoms with van der Waals surface area (Å²) in [5, 5.41) is 12.0. The van der Waals surface area contributed by atoms with E-state index in [-0.39, 0.29) is 12.3 Å². The van der Waals surface area contributed by atoms with Crippen molar-refractivity contribution in [1.82, 2.24) is 4.98 Å². The van der Waals surface area contributed by atoms with E-state index in [0.29, 0.717) is 27.5 Å². The fraction of sp³-hybridized carbons (Fsp3) is 0.111. The van der Waals surface area contributed by atoms with Gasteiger partial charge < -0.3 is 9.47 Å². The minimum atomic E-state index is -0.560. The van der Waals surface area contributed by atoms with Crippen LogP contribution in [0.15, 0.2) is 48.5 Å². The molecule has 8 heteroatoms. The van der Waals surface area contributed by atoms with Crippen molar-refractivity contribution in [1.29, 1.82) is 0 Å². The molecule has 0 saturated carbocycles. The molecule has 0 amide bonds. The largest absolute Gasteiger partial charge is 0.496 e. The number of pyridine rings is 1. The van der Waals surface area contributed by atoms with Gasteiger partial charge in [-0.05, 0) is 36.4 Å². The number of benzene rings is 2. The van der Waals surface area contributed by atoms with E-state index < -0.39 is 10.9 Å². The van der Waals surface area contributed by atoms with Crippen LogP contribution in [-0.2, 0) is 11.3 Å². The first-order chi connectivity index (χ1) is 12.5. The van der Waals surface area contributed by atoms with E-state index in [2.05, 4.69) is 4.98 Å². The number of ether oxygens (including phenoxy) is 2. The number of nitrogens with zero attached hydrogens (tertiary/aromatic N) is 2. The molecule has 0 N–H and O–H groups in total. The second-order valence-electron chi connectivity index (χ2n) is 5.37. The topological polar surface area (TPSA) is 91.6 Å². The summed E-state index contributed by atoms with van der Waals surface area (Å²) in [7, 11) is 1.44. The first-order valence-electron chi connectivity index (χ1n) is 7.52. The summed E-state index contributed by atoms with van der Waals surface area (Å²) < 4.78 is 10.4. The Morgan fingerprint density at radius 1 is 1.19 bits per heavy atom. The summed E-state index contributed by atoms with van der Waals surface area (Å²) in [6, 6.07) is 12.4. The van der Waals surface area contributed by atoms with Gasteiger partial charge in [0.25, 0.3) is 5.69 Å². The Labute approximate surface area is 153 Å². The van der Waals surface area contributed by atoms with Crippen LogP contribution in [0.3, 0.4) is 0 Å². The highest BCUT2D eigenvalue weighted by atomic mass is 35.5. The fourth-order valence-electron chi connectivity index (χ4n) is 2.45. The number of non-ortho nitro benzene ring substituents is 1. The van der Waals surface area contributed by atoms with Gasteiger partial charge >= 0.3 is 5.97 Å². The number of fused-ring (bicyclic) bond motifs is 1. The van der Waals surface area contributed by atoms with Gasteiger partial charge in [-0.25, -0.2) is 9.78 Å². The molecule has 7 nitrogen and oxygen atoms in total. The third-order valence-corrected chi connectivity index (χ3v) is 3.93. The van der Waals surface area contributed by atoms with Crippen LogP contribution >= 0.6 is 11.6 Å². The Hall–Kier alpha value is -3.19. The van der Waals surface area contributed by atoms with Gasteiger partial charge in [0.15, 0.2) is 0 Å². The number of aromatic nitrogens is 1. The summed E-state index contributed by atoms with van der Waals surface area (Å²) in [6.07, 6.45) is 0. The quantitative estimate of drug-likeness (QED) is 0.289. The SMILES string of the molecule is COc1ccc([N+](=O)[O-])cc1COC(=O)c1ccc2nc(Cl)ccc2c1. The van der Waals surface area contributed by atoms with Gasteiger partial charge in [0.05, 0.1) is 23.1 Å². The number of carbonyl (C=O) groups is 1. The highest BCUT2D eigenvalue weighted by molar-refractivity contribution is 6.29. The number of hydrogen-bond donors (Lipinski definition) is 0. The lowest BCUT2D eigenvalue weighted by Crippen LogP contribution is -2.06. The second kappa shape index (κ2) is 7.37. The molecule has 0 aliphatic heterocycles. The van der Waals surface area contributed by atoms with Crippen LogP contribution < -0.4 is 4.74 Å². The van der Waals surface area contributed by atoms with Gasteiger partial charge in [-0.3, -0.25) is 10.1 Å². The van der Waals surface area contributed by atoms with Gasteiger partial charge in [0.2, 0.25) is 0 Å². The third kappa shape index (κ3) is 3.73. The van der Waals surface area contributed by atoms with Crippen LogP contribution in [0.25, 0.3) is 10.9 Å². The zero-order chi connectivity index (χ0) is 18.7. The van der Waals surface area contributed by atoms with Crippen molar-refractivity contribution in [2.75, 3.05) is 7.11 Å². The Kier molecular flexibility index (Phi) is 4.99. The molecular formula is C18H13ClN2O5. The number of esters is 1. The number of hydrogen-bond acceptors (Lipinski definition) is 6. The molecule has 3 rings (SSSR count). The number of rotatable bonds is 5. The minimum Gasteiger partial charge on any atom is -0.496 e. The van der Waals surface area contributed by atoms with E-state index in [1.165, 1.54) is 25.3 Å². The molecule has 0 saturated heterocycles. The molecule has 0 fully saturated rings. The highest BCUT2D eigenvalue weighted by Crippen LogP contribution is 2.25. The van der Waals surface area contributed by atoms with E-state index in [4.69, 9.17) is 21.1 Å². The molecule has 0 aliphatic rings. The van der Waals surface area contributed by atoms with Crippen molar-refractivity contribution in [2.45, 2.75) is 6.61 Å². The van der Waals surface area contributed by atoms with Gasteiger partial charge in [-0.1, -0.05) is 11.6 Å². The Morgan fingerprint density at radius 2 is 2.00 bits per heavy atom. The van der Waals surface area contributed by atoms with E-state index in [1.54, 1.807) is 30.3 Å². The number of halogens is 1. The van der Waals surface area contributed by atoms with Crippen molar-refractivity contribution < 1.29 is 19.2 Å². The average Bonchev–Trinajstić information content (AvgIpc) is 2.65. The zero-order valence-corrected chi connectivity index (χ0v) is 14.4. The minimum absolute atomic E-state index is 0.106. The third-order valence-electron chi connectivity index (χ3n) is 3.72. The molecular weight excluding hydrogens is 360 g/mol. The standard InChI is InChI=1S/C18H13ClN2O5/c1-25-16-6-4-14(21(23)24)9-13(16)10-26-18(22)12-2-5-15-11(8-12)3-7-17(19)20-15/h2-9H,10H2,1H3. The molecule has 0 bridgehead atoms. The van der Waals surface area contributed by atoms with Crippen molar-refractivity contribution in [3.05, 3.63) is 74.9 Å². The van der Waals surface area contributed by atoms with Crippen LogP contribution in [0, 0.1) is 10.1 Å². The Bertz CT molecular complexity index is 1010. The molecule has 1 aromatic heterocycles. The van der Waals surface area contributed by atoms with Gasteiger partial charge in [-0.15, -0.1) is 0 Å². The summed E-state index contributed by atoms with van der Waals surface area (Å²) in [6.45, 7) is -0.152. The Balaban J connectivity index is 1.79. The number of nitro benzene ring substituents is 1. The number of carbonyl (C=O) groups excluding carboxylic acids is 1. The average molecular weight is 373 g/mol. The maximum Gasteiger partial charge on any atom is 0.338 e. The molecule has 2 aromatic carbocycles. The molecule has 0 radical (unpaired) electrons. The Morgan fingerprint density at radius 3 is 2.73 bits per heavy atom. The van der Waals surface area contributed by atoms with Crippen LogP contribution in [-0.4, -0.2) is 23.0 Å². The smallest absolute Gasteiger partial charge is 0.338 e. The van der Waals surface area contributed by atoms with Crippen LogP contribution in [0.4, 0.5) is 5.69 Å². The normalized spacial score (nSPS) is 10.5. The zero-order valence-electron chi connectivity index (χ0n) is 13.6. The molecule has 0 spiro atoms. The molecule has 0 aliphatic carbocycles. The molecule has 1 heterocycles. The summed E-state index contributed by atoms with van der Waals surface area (Å²) in [5.74, 6) is -0.156. The molecule has 0 unspecified atom stereocenters. The maximum atomic E-state index is 12.3. The van der Waals surface area contributed by atoms with Crippen LogP contribution in [0.5, 0.6) is 5.75 Å². The second-order valence-corrected chi connectivity index (χ2v) is 5.76. The van der Waals surface area contributed by atoms with Crippen LogP contribution in [0.1, 0.15) is 15.9 Å². The monoisotopic (exact) mass is 372 g/mol. The first-order valence-corrected chi connectivity index (χ1v) is 7.90. The van der Waals surface area contributed by atoms with Gasteiger partial charge in [0, 0.05) is 23.1 Å². The lowest BCUT2D eigenvalue weighted by molar-refractivity contribution is -0.385. The molecule has 0 atom stereocenters. The van der Waals surface area contributed by atoms with Crippen LogP contribution in [0.2, 0.25) is 5.15 Å². The van der Waals surface area contributed by atoms with Crippen molar-refractivity contribution in [2.24, 2.45) is 0 Å². The highest BCUT2D eigenvalue weighted by Gasteiger charge is 2.14. The lowest BCUT2D eigenvalue weighted by atomic mass is 10.1. The first kappa shape index (κ1) is 17.6. The predicted molar refractivity (Wildman–Crippen MR) is 95.5 cm³/mol. The molecule has 132 valence electrons. The van der Waals surface area contributed by atoms with Gasteiger partial charge in [0.1, 0.15) is 17.5 Å². The van der Waals surface area contributed by atoms with E-state index in [0.717, 1.165) is 5.39 Å². The van der Waals surface area contributed by atoms with Gasteiger partial charge in [-0.2, -0.15) is 0 Å². The van der Waals surface area contributed by atoms with E-state index >= 15 is 0 Å². The predicted octanol–water partition coefficient (Wildman–Crippen LogP) is 4.16. The fourth-order valence-corrected chi connectivity index (χ4v) is 2.60. The lowest BCUT2D eigenvalue weighted by Gasteiger charge is -2.09. The van der Waals surface area contributed by atoms with E-state index in [9.17, 15) is 14.9 Å². The molecule has 26 heavy (non-hydrogen) atoms. The number of nitro groups is 1. The van der Waals surface area contributed by atoms with Crippen molar-refractivity contribution in [3.8, 4) is 5.75 Å². The molecule has 3 aromatic rings. The maximum absolute atomic E-state index is 12.3. The van der Waals surface area contributed by atoms with E-state index in [1.807, 2.05) is 0 Å². The summed E-state index contributed by atoms with van der Waals surface area (Å²) in [4.78, 5) is 26.8. The summed E-state index contributed by atoms with van der Waals surface area (Å²) >= 11 is 5.84. The number of methoxy groups -OCH3 is 1. The van der Waals surface area contributed by atoms with Crippen molar-refractivity contribution >= 4 is 34.2 Å².